The Morgan fingerprint density at radius 3 is 2.55 bits per heavy atom. The Morgan fingerprint density at radius 2 is 1.74 bits per heavy atom. The Balaban J connectivity index is 1.33. The lowest BCUT2D eigenvalue weighted by molar-refractivity contribution is -0.124. The molecule has 0 bridgehead atoms. The molecule has 0 radical (unpaired) electrons. The van der Waals surface area contributed by atoms with Crippen LogP contribution in [-0.2, 0) is 16.0 Å². The number of benzene rings is 3. The van der Waals surface area contributed by atoms with Crippen LogP contribution in [0.2, 0.25) is 0 Å². The highest BCUT2D eigenvalue weighted by molar-refractivity contribution is 8.18. The summed E-state index contributed by atoms with van der Waals surface area (Å²) in [5.74, 6) is -0.961. The minimum Gasteiger partial charge on any atom is -0.354 e. The van der Waals surface area contributed by atoms with E-state index >= 15 is 0 Å². The minimum absolute atomic E-state index is 0.0900. The summed E-state index contributed by atoms with van der Waals surface area (Å²) in [4.78, 5) is 38.5. The van der Waals surface area contributed by atoms with Crippen molar-refractivity contribution in [3.05, 3.63) is 88.6 Å². The predicted octanol–water partition coefficient (Wildman–Crippen LogP) is 4.37. The average molecular weight is 434 g/mol. The zero-order chi connectivity index (χ0) is 21.8. The molecule has 1 aliphatic rings. The Morgan fingerprint density at radius 1 is 1.00 bits per heavy atom. The van der Waals surface area contributed by atoms with Crippen LogP contribution in [-0.4, -0.2) is 35.0 Å². The molecule has 3 aromatic carbocycles. The number of amides is 3. The van der Waals surface area contributed by atoms with E-state index in [-0.39, 0.29) is 41.4 Å². The maximum atomic E-state index is 13.0. The number of thioether (sulfide) groups is 1. The van der Waals surface area contributed by atoms with Crippen molar-refractivity contribution in [3.8, 4) is 0 Å². The molecule has 0 saturated carbocycles. The van der Waals surface area contributed by atoms with Gasteiger partial charge in [-0.15, -0.1) is 0 Å². The molecule has 1 aliphatic heterocycles. The Labute approximate surface area is 182 Å². The summed E-state index contributed by atoms with van der Waals surface area (Å²) >= 11 is 0.836. The number of hydrogen-bond acceptors (Lipinski definition) is 4. The molecular formula is C24H19FN2O3S. The molecule has 31 heavy (non-hydrogen) atoms. The quantitative estimate of drug-likeness (QED) is 0.585. The zero-order valence-corrected chi connectivity index (χ0v) is 17.3. The van der Waals surface area contributed by atoms with Crippen LogP contribution in [0, 0.1) is 5.82 Å². The molecule has 156 valence electrons. The van der Waals surface area contributed by atoms with Gasteiger partial charge in [0.1, 0.15) is 5.82 Å². The van der Waals surface area contributed by atoms with Crippen molar-refractivity contribution in [1.82, 2.24) is 10.2 Å². The molecule has 1 N–H and O–H groups in total. The van der Waals surface area contributed by atoms with Crippen molar-refractivity contribution in [1.29, 1.82) is 0 Å². The topological polar surface area (TPSA) is 66.5 Å². The van der Waals surface area contributed by atoms with Crippen molar-refractivity contribution in [3.63, 3.8) is 0 Å². The number of fused-ring (bicyclic) bond motifs is 1. The molecule has 0 atom stereocenters. The van der Waals surface area contributed by atoms with Gasteiger partial charge in [-0.25, -0.2) is 4.39 Å². The van der Waals surface area contributed by atoms with Crippen LogP contribution in [0.25, 0.3) is 16.8 Å². The molecule has 0 unspecified atom stereocenters. The van der Waals surface area contributed by atoms with Gasteiger partial charge in [0, 0.05) is 13.1 Å². The summed E-state index contributed by atoms with van der Waals surface area (Å²) in [5, 5.41) is 4.48. The second kappa shape index (κ2) is 9.14. The van der Waals surface area contributed by atoms with E-state index in [1.807, 2.05) is 42.5 Å². The summed E-state index contributed by atoms with van der Waals surface area (Å²) < 4.78 is 13.0. The smallest absolute Gasteiger partial charge is 0.293 e. The molecule has 0 spiro atoms. The third kappa shape index (κ3) is 4.83. The fourth-order valence-electron chi connectivity index (χ4n) is 3.39. The first-order valence-corrected chi connectivity index (χ1v) is 10.6. The molecule has 4 rings (SSSR count). The van der Waals surface area contributed by atoms with E-state index in [4.69, 9.17) is 0 Å². The van der Waals surface area contributed by atoms with E-state index < -0.39 is 5.91 Å². The van der Waals surface area contributed by atoms with Gasteiger partial charge in [-0.3, -0.25) is 19.3 Å². The SMILES string of the molecule is O=C(Cc1cccc2ccccc12)NCCN1C(=O)S/C(=C\c2ccc(F)cc2)C1=O. The lowest BCUT2D eigenvalue weighted by atomic mass is 10.0. The van der Waals surface area contributed by atoms with Crippen LogP contribution in [0.1, 0.15) is 11.1 Å². The van der Waals surface area contributed by atoms with Gasteiger partial charge in [-0.05, 0) is 51.9 Å². The van der Waals surface area contributed by atoms with Crippen LogP contribution < -0.4 is 5.32 Å². The molecule has 3 aromatic rings. The summed E-state index contributed by atoms with van der Waals surface area (Å²) in [6, 6.07) is 19.3. The lowest BCUT2D eigenvalue weighted by Crippen LogP contribution is -2.37. The number of nitrogens with one attached hydrogen (secondary N) is 1. The molecule has 0 aliphatic carbocycles. The number of nitrogens with zero attached hydrogens (tertiary/aromatic N) is 1. The van der Waals surface area contributed by atoms with E-state index in [1.165, 1.54) is 24.3 Å². The number of rotatable bonds is 6. The third-order valence-electron chi connectivity index (χ3n) is 4.93. The average Bonchev–Trinajstić information content (AvgIpc) is 3.03. The summed E-state index contributed by atoms with van der Waals surface area (Å²) in [6.07, 6.45) is 1.77. The Bertz CT molecular complexity index is 1190. The van der Waals surface area contributed by atoms with Crippen molar-refractivity contribution in [2.45, 2.75) is 6.42 Å². The first-order chi connectivity index (χ1) is 15.0. The highest BCUT2D eigenvalue weighted by Crippen LogP contribution is 2.31. The van der Waals surface area contributed by atoms with Gasteiger partial charge in [-0.2, -0.15) is 0 Å². The van der Waals surface area contributed by atoms with E-state index in [1.54, 1.807) is 6.08 Å². The molecule has 1 saturated heterocycles. The second-order valence-electron chi connectivity index (χ2n) is 7.05. The van der Waals surface area contributed by atoms with E-state index in [9.17, 15) is 18.8 Å². The van der Waals surface area contributed by atoms with Gasteiger partial charge in [0.05, 0.1) is 11.3 Å². The van der Waals surface area contributed by atoms with Crippen molar-refractivity contribution >= 4 is 45.7 Å². The van der Waals surface area contributed by atoms with Crippen molar-refractivity contribution in [2.75, 3.05) is 13.1 Å². The highest BCUT2D eigenvalue weighted by atomic mass is 32.2. The maximum absolute atomic E-state index is 13.0. The van der Waals surface area contributed by atoms with E-state index in [2.05, 4.69) is 5.32 Å². The Hall–Kier alpha value is -3.45. The van der Waals surface area contributed by atoms with Gasteiger partial charge in [0.15, 0.2) is 0 Å². The summed E-state index contributed by atoms with van der Waals surface area (Å²) in [7, 11) is 0. The summed E-state index contributed by atoms with van der Waals surface area (Å²) in [6.45, 7) is 0.262. The van der Waals surface area contributed by atoms with Crippen LogP contribution in [0.5, 0.6) is 0 Å². The largest absolute Gasteiger partial charge is 0.354 e. The maximum Gasteiger partial charge on any atom is 0.293 e. The Kier molecular flexibility index (Phi) is 6.13. The summed E-state index contributed by atoms with van der Waals surface area (Å²) in [5.41, 5.74) is 1.55. The van der Waals surface area contributed by atoms with Gasteiger partial charge >= 0.3 is 0 Å². The normalized spacial score (nSPS) is 15.1. The molecule has 7 heteroatoms. The lowest BCUT2D eigenvalue weighted by Gasteiger charge is -2.13. The molecule has 3 amide bonds. The monoisotopic (exact) mass is 434 g/mol. The zero-order valence-electron chi connectivity index (χ0n) is 16.5. The van der Waals surface area contributed by atoms with Crippen molar-refractivity contribution < 1.29 is 18.8 Å². The number of halogens is 1. The first kappa shape index (κ1) is 20.8. The van der Waals surface area contributed by atoms with E-state index in [0.717, 1.165) is 33.0 Å². The number of carbonyl (C=O) groups is 3. The number of imide groups is 1. The van der Waals surface area contributed by atoms with Gasteiger partial charge in [0.25, 0.3) is 11.1 Å². The number of hydrogen-bond donors (Lipinski definition) is 1. The van der Waals surface area contributed by atoms with Crippen LogP contribution in [0.15, 0.2) is 71.6 Å². The van der Waals surface area contributed by atoms with Gasteiger partial charge < -0.3 is 5.32 Å². The highest BCUT2D eigenvalue weighted by Gasteiger charge is 2.34. The molecule has 1 fully saturated rings. The second-order valence-corrected chi connectivity index (χ2v) is 8.04. The van der Waals surface area contributed by atoms with Crippen LogP contribution in [0.3, 0.4) is 0 Å². The fourth-order valence-corrected chi connectivity index (χ4v) is 4.26. The minimum atomic E-state index is -0.414. The standard InChI is InChI=1S/C24H19FN2O3S/c25-19-10-8-16(9-11-19)14-21-23(29)27(24(30)31-21)13-12-26-22(28)15-18-6-3-5-17-4-1-2-7-20(17)18/h1-11,14H,12-13,15H2,(H,26,28)/b21-14-. The van der Waals surface area contributed by atoms with Gasteiger partial charge in [-0.1, -0.05) is 54.6 Å². The fraction of sp³-hybridized carbons (Fsp3) is 0.125. The predicted molar refractivity (Wildman–Crippen MR) is 120 cm³/mol. The third-order valence-corrected chi connectivity index (χ3v) is 5.84. The van der Waals surface area contributed by atoms with Gasteiger partial charge in [0.2, 0.25) is 5.91 Å². The van der Waals surface area contributed by atoms with E-state index in [0.29, 0.717) is 5.56 Å². The molecule has 5 nitrogen and oxygen atoms in total. The van der Waals surface area contributed by atoms with Crippen molar-refractivity contribution in [2.24, 2.45) is 0 Å². The first-order valence-electron chi connectivity index (χ1n) is 9.75. The van der Waals surface area contributed by atoms with Crippen LogP contribution >= 0.6 is 11.8 Å². The molecule has 1 heterocycles. The number of carbonyl (C=O) groups excluding carboxylic acids is 3. The molecular weight excluding hydrogens is 415 g/mol. The molecule has 0 aromatic heterocycles. The van der Waals surface area contributed by atoms with Crippen LogP contribution in [0.4, 0.5) is 9.18 Å².